The minimum atomic E-state index is -0.296. The van der Waals surface area contributed by atoms with E-state index < -0.39 is 0 Å². The third-order valence-electron chi connectivity index (χ3n) is 4.01. The molecule has 0 heterocycles. The molecule has 5 heteroatoms. The molecule has 0 spiro atoms. The Balaban J connectivity index is 5.46. The Bertz CT molecular complexity index is 416. The van der Waals surface area contributed by atoms with Crippen LogP contribution < -0.4 is 5.32 Å². The van der Waals surface area contributed by atoms with E-state index in [4.69, 9.17) is 4.74 Å². The second kappa shape index (κ2) is 10.4. The van der Waals surface area contributed by atoms with Crippen molar-refractivity contribution in [2.45, 2.75) is 60.0 Å². The van der Waals surface area contributed by atoms with Crippen LogP contribution in [0.1, 0.15) is 48.0 Å². The van der Waals surface area contributed by atoms with Crippen LogP contribution in [0.2, 0.25) is 0 Å². The normalized spacial score (nSPS) is 14.8. The number of amides is 1. The number of esters is 1. The van der Waals surface area contributed by atoms with E-state index in [0.717, 1.165) is 0 Å². The molecule has 0 saturated heterocycles. The third-order valence-corrected chi connectivity index (χ3v) is 4.01. The van der Waals surface area contributed by atoms with Crippen molar-refractivity contribution in [1.29, 1.82) is 0 Å². The lowest BCUT2D eigenvalue weighted by Gasteiger charge is -2.33. The molecule has 0 radical (unpaired) electrons. The zero-order valence-electron chi connectivity index (χ0n) is 16.0. The Labute approximate surface area is 141 Å². The summed E-state index contributed by atoms with van der Waals surface area (Å²) in [6.45, 7) is 12.2. The van der Waals surface area contributed by atoms with Gasteiger partial charge >= 0.3 is 5.97 Å². The summed E-state index contributed by atoms with van der Waals surface area (Å²) in [5.74, 6) is 0.138. The Morgan fingerprint density at radius 2 is 1.70 bits per heavy atom. The summed E-state index contributed by atoms with van der Waals surface area (Å²) in [4.78, 5) is 26.5. The predicted molar refractivity (Wildman–Crippen MR) is 94.1 cm³/mol. The fourth-order valence-corrected chi connectivity index (χ4v) is 2.62. The van der Waals surface area contributed by atoms with Crippen LogP contribution in [-0.4, -0.2) is 49.6 Å². The molecule has 0 bridgehead atoms. The lowest BCUT2D eigenvalue weighted by atomic mass is 9.96. The lowest BCUT2D eigenvalue weighted by molar-refractivity contribution is -0.139. The van der Waals surface area contributed by atoms with Crippen molar-refractivity contribution in [3.05, 3.63) is 11.6 Å². The van der Waals surface area contributed by atoms with Crippen LogP contribution in [0, 0.1) is 11.8 Å². The maximum absolute atomic E-state index is 12.7. The summed E-state index contributed by atoms with van der Waals surface area (Å²) in [5, 5.41) is 3.08. The predicted octanol–water partition coefficient (Wildman–Crippen LogP) is 2.61. The van der Waals surface area contributed by atoms with E-state index in [1.54, 1.807) is 25.9 Å². The van der Waals surface area contributed by atoms with Gasteiger partial charge in [0.25, 0.3) is 0 Å². The number of ether oxygens (including phenoxy) is 1. The summed E-state index contributed by atoms with van der Waals surface area (Å²) in [6, 6.07) is -0.376. The van der Waals surface area contributed by atoms with E-state index >= 15 is 0 Å². The molecule has 0 unspecified atom stereocenters. The van der Waals surface area contributed by atoms with Crippen molar-refractivity contribution in [1.82, 2.24) is 10.2 Å². The van der Waals surface area contributed by atoms with Crippen molar-refractivity contribution < 1.29 is 14.3 Å². The molecule has 5 nitrogen and oxygen atoms in total. The van der Waals surface area contributed by atoms with Gasteiger partial charge in [0, 0.05) is 12.6 Å². The average molecular weight is 326 g/mol. The van der Waals surface area contributed by atoms with Crippen LogP contribution in [0.5, 0.6) is 0 Å². The Morgan fingerprint density at radius 3 is 2.04 bits per heavy atom. The number of likely N-dealkylation sites (N-methyl/N-ethyl adjacent to an activating group) is 2. The van der Waals surface area contributed by atoms with Crippen LogP contribution in [-0.2, 0) is 14.3 Å². The van der Waals surface area contributed by atoms with Crippen molar-refractivity contribution in [2.24, 2.45) is 11.8 Å². The van der Waals surface area contributed by atoms with Gasteiger partial charge in [0.2, 0.25) is 5.91 Å². The zero-order chi connectivity index (χ0) is 18.2. The highest BCUT2D eigenvalue weighted by Crippen LogP contribution is 2.18. The van der Waals surface area contributed by atoms with E-state index in [1.807, 2.05) is 40.7 Å². The van der Waals surface area contributed by atoms with Crippen LogP contribution in [0.4, 0.5) is 0 Å². The van der Waals surface area contributed by atoms with Gasteiger partial charge in [0.1, 0.15) is 0 Å². The van der Waals surface area contributed by atoms with Crippen molar-refractivity contribution in [3.8, 4) is 0 Å². The Kier molecular flexibility index (Phi) is 9.80. The number of carbonyl (C=O) groups excluding carboxylic acids is 2. The standard InChI is InChI=1S/C18H34N2O3/c1-9-14(18(22)23-10-2)11-15(12(3)4)20(8)17(21)16(19-7)13(5)6/h11-13,15-16,19H,9-10H2,1-8H3/b14-11+/t15-,16+/m1/s1. The minimum absolute atomic E-state index is 0.0387. The SMILES string of the molecule is CCOC(=O)/C(=C/[C@H](C(C)C)N(C)C(=O)[C@@H](NC)C(C)C)CC. The van der Waals surface area contributed by atoms with E-state index in [-0.39, 0.29) is 35.8 Å². The number of carbonyl (C=O) groups is 2. The van der Waals surface area contributed by atoms with Gasteiger partial charge in [-0.3, -0.25) is 4.79 Å². The van der Waals surface area contributed by atoms with Gasteiger partial charge < -0.3 is 15.0 Å². The number of nitrogens with one attached hydrogen (secondary N) is 1. The fraction of sp³-hybridized carbons (Fsp3) is 0.778. The van der Waals surface area contributed by atoms with E-state index in [0.29, 0.717) is 18.6 Å². The van der Waals surface area contributed by atoms with Gasteiger partial charge in [-0.25, -0.2) is 4.79 Å². The summed E-state index contributed by atoms with van der Waals surface area (Å²) >= 11 is 0. The quantitative estimate of drug-likeness (QED) is 0.523. The number of nitrogens with zero attached hydrogens (tertiary/aromatic N) is 1. The van der Waals surface area contributed by atoms with Crippen molar-refractivity contribution in [3.63, 3.8) is 0 Å². The zero-order valence-corrected chi connectivity index (χ0v) is 16.0. The minimum Gasteiger partial charge on any atom is -0.463 e. The second-order valence-corrected chi connectivity index (χ2v) is 6.46. The molecule has 0 aliphatic rings. The number of rotatable bonds is 9. The second-order valence-electron chi connectivity index (χ2n) is 6.46. The molecule has 0 fully saturated rings. The van der Waals surface area contributed by atoms with Crippen LogP contribution in [0.15, 0.2) is 11.6 Å². The largest absolute Gasteiger partial charge is 0.463 e. The molecule has 0 aromatic rings. The molecule has 2 atom stereocenters. The molecule has 0 saturated carbocycles. The topological polar surface area (TPSA) is 58.6 Å². The number of hydrogen-bond donors (Lipinski definition) is 1. The maximum atomic E-state index is 12.7. The lowest BCUT2D eigenvalue weighted by Crippen LogP contribution is -2.51. The molecule has 23 heavy (non-hydrogen) atoms. The molecule has 0 aromatic carbocycles. The first-order valence-corrected chi connectivity index (χ1v) is 8.52. The van der Waals surface area contributed by atoms with Crippen LogP contribution in [0.3, 0.4) is 0 Å². The highest BCUT2D eigenvalue weighted by molar-refractivity contribution is 5.89. The number of hydrogen-bond acceptors (Lipinski definition) is 4. The molecule has 1 N–H and O–H groups in total. The molecule has 0 aliphatic carbocycles. The van der Waals surface area contributed by atoms with Crippen molar-refractivity contribution in [2.75, 3.05) is 20.7 Å². The van der Waals surface area contributed by atoms with Crippen LogP contribution >= 0.6 is 0 Å². The highest BCUT2D eigenvalue weighted by Gasteiger charge is 2.29. The van der Waals surface area contributed by atoms with Crippen molar-refractivity contribution >= 4 is 11.9 Å². The molecule has 1 amide bonds. The van der Waals surface area contributed by atoms with E-state index in [1.165, 1.54) is 0 Å². The van der Waals surface area contributed by atoms with Gasteiger partial charge in [0.15, 0.2) is 0 Å². The first kappa shape index (κ1) is 21.6. The summed E-state index contributed by atoms with van der Waals surface area (Å²) in [5.41, 5.74) is 0.621. The van der Waals surface area contributed by atoms with Gasteiger partial charge in [-0.1, -0.05) is 40.7 Å². The van der Waals surface area contributed by atoms with Gasteiger partial charge in [0.05, 0.1) is 18.7 Å². The molecule has 134 valence electrons. The maximum Gasteiger partial charge on any atom is 0.333 e. The van der Waals surface area contributed by atoms with Gasteiger partial charge in [-0.05, 0) is 32.2 Å². The summed E-state index contributed by atoms with van der Waals surface area (Å²) in [7, 11) is 3.60. The van der Waals surface area contributed by atoms with Crippen LogP contribution in [0.25, 0.3) is 0 Å². The van der Waals surface area contributed by atoms with Gasteiger partial charge in [-0.15, -0.1) is 0 Å². The summed E-state index contributed by atoms with van der Waals surface area (Å²) < 4.78 is 5.10. The third kappa shape index (κ3) is 6.34. The highest BCUT2D eigenvalue weighted by atomic mass is 16.5. The first-order chi connectivity index (χ1) is 10.7. The molecular formula is C18H34N2O3. The molecular weight excluding hydrogens is 292 g/mol. The fourth-order valence-electron chi connectivity index (χ4n) is 2.62. The van der Waals surface area contributed by atoms with E-state index in [2.05, 4.69) is 5.32 Å². The average Bonchev–Trinajstić information content (AvgIpc) is 2.47. The smallest absolute Gasteiger partial charge is 0.333 e. The first-order valence-electron chi connectivity index (χ1n) is 8.52. The summed E-state index contributed by atoms with van der Waals surface area (Å²) in [6.07, 6.45) is 2.47. The Morgan fingerprint density at radius 1 is 1.13 bits per heavy atom. The molecule has 0 rings (SSSR count). The molecule has 0 aromatic heterocycles. The van der Waals surface area contributed by atoms with E-state index in [9.17, 15) is 9.59 Å². The van der Waals surface area contributed by atoms with Gasteiger partial charge in [-0.2, -0.15) is 0 Å². The molecule has 0 aliphatic heterocycles. The Hall–Kier alpha value is -1.36. The monoisotopic (exact) mass is 326 g/mol.